The van der Waals surface area contributed by atoms with Crippen molar-refractivity contribution < 1.29 is 23.8 Å². The Hall–Kier alpha value is -2.12. The largest absolute Gasteiger partial charge is 0.459 e. The summed E-state index contributed by atoms with van der Waals surface area (Å²) in [6, 6.07) is 6.10. The maximum Gasteiger partial charge on any atom is 0.410 e. The Morgan fingerprint density at radius 1 is 1.21 bits per heavy atom. The van der Waals surface area contributed by atoms with Crippen molar-refractivity contribution in [1.29, 1.82) is 0 Å². The summed E-state index contributed by atoms with van der Waals surface area (Å²) < 4.78 is 17.0. The first-order valence-electron chi connectivity index (χ1n) is 10.4. The number of piperazine rings is 1. The molecule has 1 aromatic rings. The van der Waals surface area contributed by atoms with Crippen molar-refractivity contribution in [2.24, 2.45) is 0 Å². The van der Waals surface area contributed by atoms with Crippen LogP contribution in [-0.4, -0.2) is 72.4 Å². The van der Waals surface area contributed by atoms with Crippen molar-refractivity contribution in [3.05, 3.63) is 34.9 Å². The molecule has 1 aromatic carbocycles. The number of cyclic esters (lactones) is 1. The minimum Gasteiger partial charge on any atom is -0.459 e. The highest BCUT2D eigenvalue weighted by atomic mass is 16.6. The molecule has 3 aliphatic heterocycles. The van der Waals surface area contributed by atoms with Crippen molar-refractivity contribution in [1.82, 2.24) is 9.80 Å². The van der Waals surface area contributed by atoms with Gasteiger partial charge in [0.05, 0.1) is 24.3 Å². The Bertz CT molecular complexity index is 803. The van der Waals surface area contributed by atoms with Gasteiger partial charge in [0.2, 0.25) is 0 Å². The van der Waals surface area contributed by atoms with E-state index in [-0.39, 0.29) is 30.3 Å². The molecule has 7 heteroatoms. The van der Waals surface area contributed by atoms with Gasteiger partial charge in [0, 0.05) is 32.6 Å². The Kier molecular flexibility index (Phi) is 5.29. The summed E-state index contributed by atoms with van der Waals surface area (Å²) in [5.41, 5.74) is 2.30. The van der Waals surface area contributed by atoms with Crippen molar-refractivity contribution in [2.45, 2.75) is 58.0 Å². The summed E-state index contributed by atoms with van der Waals surface area (Å²) in [6.45, 7) is 11.0. The number of esters is 1. The molecule has 3 aliphatic rings. The van der Waals surface area contributed by atoms with Gasteiger partial charge in [-0.25, -0.2) is 9.59 Å². The van der Waals surface area contributed by atoms with Crippen molar-refractivity contribution in [3.63, 3.8) is 0 Å². The minimum atomic E-state index is -0.487. The first kappa shape index (κ1) is 20.2. The normalized spacial score (nSPS) is 27.7. The second-order valence-electron chi connectivity index (χ2n) is 9.23. The number of amides is 1. The molecule has 3 atom stereocenters. The molecule has 29 heavy (non-hydrogen) atoms. The van der Waals surface area contributed by atoms with E-state index in [1.54, 1.807) is 4.90 Å². The Morgan fingerprint density at radius 3 is 2.76 bits per heavy atom. The lowest BCUT2D eigenvalue weighted by Gasteiger charge is -2.46. The Labute approximate surface area is 171 Å². The summed E-state index contributed by atoms with van der Waals surface area (Å²) in [6.07, 6.45) is 0.356. The number of morpholine rings is 1. The smallest absolute Gasteiger partial charge is 0.410 e. The van der Waals surface area contributed by atoms with Gasteiger partial charge in [0.15, 0.2) is 0 Å². The maximum absolute atomic E-state index is 12.4. The number of carbonyl (C=O) groups is 2. The number of ether oxygens (including phenoxy) is 3. The Balaban J connectivity index is 1.40. The average molecular weight is 402 g/mol. The van der Waals surface area contributed by atoms with Gasteiger partial charge in [-0.15, -0.1) is 0 Å². The van der Waals surface area contributed by atoms with E-state index in [0.717, 1.165) is 30.6 Å². The molecule has 4 rings (SSSR count). The topological polar surface area (TPSA) is 68.3 Å². The first-order chi connectivity index (χ1) is 13.7. The van der Waals surface area contributed by atoms with Crippen molar-refractivity contribution in [3.8, 4) is 0 Å². The van der Waals surface area contributed by atoms with Gasteiger partial charge in [0.1, 0.15) is 11.7 Å². The minimum absolute atomic E-state index is 0.0297. The number of hydrogen-bond acceptors (Lipinski definition) is 6. The molecular weight excluding hydrogens is 372 g/mol. The second kappa shape index (κ2) is 7.61. The molecule has 3 heterocycles. The fourth-order valence-electron chi connectivity index (χ4n) is 4.26. The zero-order valence-corrected chi connectivity index (χ0v) is 17.6. The van der Waals surface area contributed by atoms with Crippen LogP contribution in [-0.2, 0) is 20.6 Å². The van der Waals surface area contributed by atoms with Crippen LogP contribution in [0, 0.1) is 0 Å². The summed E-state index contributed by atoms with van der Waals surface area (Å²) in [7, 11) is 0. The summed E-state index contributed by atoms with van der Waals surface area (Å²) >= 11 is 0. The van der Waals surface area contributed by atoms with Gasteiger partial charge in [0.25, 0.3) is 0 Å². The predicted octanol–water partition coefficient (Wildman–Crippen LogP) is 2.78. The lowest BCUT2D eigenvalue weighted by atomic mass is 9.94. The molecule has 158 valence electrons. The number of nitrogens with zero attached hydrogens (tertiary/aromatic N) is 2. The molecular formula is C22H30N2O5. The summed E-state index contributed by atoms with van der Waals surface area (Å²) in [4.78, 5) is 28.6. The van der Waals surface area contributed by atoms with Crippen LogP contribution in [0.1, 0.15) is 55.3 Å². The van der Waals surface area contributed by atoms with E-state index in [1.165, 1.54) is 0 Å². The average Bonchev–Trinajstić information content (AvgIpc) is 2.65. The molecule has 0 spiro atoms. The van der Waals surface area contributed by atoms with Gasteiger partial charge >= 0.3 is 12.1 Å². The molecule has 2 saturated heterocycles. The molecule has 1 unspecified atom stereocenters. The molecule has 0 saturated carbocycles. The number of benzene rings is 1. The van der Waals surface area contributed by atoms with Crippen molar-refractivity contribution >= 4 is 12.1 Å². The van der Waals surface area contributed by atoms with Crippen molar-refractivity contribution in [2.75, 3.05) is 32.8 Å². The number of rotatable bonds is 1. The van der Waals surface area contributed by atoms with Crippen LogP contribution in [0.4, 0.5) is 4.79 Å². The van der Waals surface area contributed by atoms with E-state index in [0.29, 0.717) is 25.3 Å². The van der Waals surface area contributed by atoms with E-state index in [4.69, 9.17) is 14.2 Å². The zero-order valence-electron chi connectivity index (χ0n) is 17.6. The van der Waals surface area contributed by atoms with Crippen LogP contribution in [0.5, 0.6) is 0 Å². The first-order valence-corrected chi connectivity index (χ1v) is 10.4. The highest BCUT2D eigenvalue weighted by molar-refractivity contribution is 5.92. The highest BCUT2D eigenvalue weighted by Crippen LogP contribution is 2.30. The fourth-order valence-corrected chi connectivity index (χ4v) is 4.26. The SMILES string of the molecule is C[C@H]1Cc2cc(C3CN4CCN(C(=O)OC(C)(C)C)C[C@@H]4CO3)ccc2C(=O)O1. The zero-order chi connectivity index (χ0) is 20.8. The van der Waals surface area contributed by atoms with E-state index in [9.17, 15) is 9.59 Å². The lowest BCUT2D eigenvalue weighted by Crippen LogP contribution is -2.60. The predicted molar refractivity (Wildman–Crippen MR) is 107 cm³/mol. The van der Waals surface area contributed by atoms with Gasteiger partial charge in [-0.1, -0.05) is 12.1 Å². The number of fused-ring (bicyclic) bond motifs is 2. The summed E-state index contributed by atoms with van der Waals surface area (Å²) in [5, 5.41) is 0. The molecule has 0 aromatic heterocycles. The van der Waals surface area contributed by atoms with Crippen LogP contribution < -0.4 is 0 Å². The molecule has 7 nitrogen and oxygen atoms in total. The molecule has 0 aliphatic carbocycles. The molecule has 0 N–H and O–H groups in total. The van der Waals surface area contributed by atoms with E-state index in [2.05, 4.69) is 11.0 Å². The van der Waals surface area contributed by atoms with E-state index >= 15 is 0 Å². The van der Waals surface area contributed by atoms with Crippen LogP contribution in [0.2, 0.25) is 0 Å². The van der Waals surface area contributed by atoms with Gasteiger partial charge in [-0.2, -0.15) is 0 Å². The monoisotopic (exact) mass is 402 g/mol. The van der Waals surface area contributed by atoms with Crippen LogP contribution in [0.15, 0.2) is 18.2 Å². The standard InChI is InChI=1S/C22H30N2O5/c1-14-9-16-10-15(5-6-18(16)20(25)28-14)19-12-23-7-8-24(11-17(23)13-27-19)21(26)29-22(2,3)4/h5-6,10,14,17,19H,7-9,11-13H2,1-4H3/t14-,17+,19?/m0/s1. The van der Waals surface area contributed by atoms with Crippen LogP contribution in [0.3, 0.4) is 0 Å². The van der Waals surface area contributed by atoms with Crippen LogP contribution >= 0.6 is 0 Å². The lowest BCUT2D eigenvalue weighted by molar-refractivity contribution is -0.0906. The third kappa shape index (κ3) is 4.41. The second-order valence-corrected chi connectivity index (χ2v) is 9.23. The van der Waals surface area contributed by atoms with E-state index in [1.807, 2.05) is 39.8 Å². The Morgan fingerprint density at radius 2 is 2.00 bits per heavy atom. The van der Waals surface area contributed by atoms with Gasteiger partial charge in [-0.05, 0) is 44.9 Å². The quantitative estimate of drug-likeness (QED) is 0.673. The molecule has 2 fully saturated rings. The number of carbonyl (C=O) groups excluding carboxylic acids is 2. The van der Waals surface area contributed by atoms with Gasteiger partial charge < -0.3 is 19.1 Å². The van der Waals surface area contributed by atoms with E-state index < -0.39 is 5.60 Å². The van der Waals surface area contributed by atoms with Gasteiger partial charge in [-0.3, -0.25) is 4.90 Å². The van der Waals surface area contributed by atoms with Crippen LogP contribution in [0.25, 0.3) is 0 Å². The molecule has 1 amide bonds. The molecule has 0 radical (unpaired) electrons. The number of hydrogen-bond donors (Lipinski definition) is 0. The summed E-state index contributed by atoms with van der Waals surface area (Å²) in [5.74, 6) is -0.242. The maximum atomic E-state index is 12.4. The highest BCUT2D eigenvalue weighted by Gasteiger charge is 2.37. The molecule has 0 bridgehead atoms. The third-order valence-corrected chi connectivity index (χ3v) is 5.68. The fraction of sp³-hybridized carbons (Fsp3) is 0.636. The third-order valence-electron chi connectivity index (χ3n) is 5.68.